The molecule has 0 spiro atoms. The van der Waals surface area contributed by atoms with Crippen molar-refractivity contribution >= 4 is 28.1 Å². The van der Waals surface area contributed by atoms with Crippen molar-refractivity contribution in [3.63, 3.8) is 0 Å². The number of unbranched alkanes of at least 4 members (excludes halogenated alkanes) is 24. The molecule has 64 heavy (non-hydrogen) atoms. The lowest BCUT2D eigenvalue weighted by atomic mass is 9.48. The van der Waals surface area contributed by atoms with Crippen LogP contribution >= 0.6 is 0 Å². The molecule has 0 amide bonds. The molecule has 4 aliphatic rings. The maximum absolute atomic E-state index is 13.3. The Morgan fingerprint density at radius 3 is 1.62 bits per heavy atom. The van der Waals surface area contributed by atoms with Gasteiger partial charge in [-0.25, -0.2) is 8.37 Å². The summed E-state index contributed by atoms with van der Waals surface area (Å²) in [6.07, 6.45) is 39.3. The number of allylic oxidation sites excluding steroid dienone is 1. The van der Waals surface area contributed by atoms with Crippen LogP contribution in [0.2, 0.25) is 0 Å². The van der Waals surface area contributed by atoms with Crippen LogP contribution in [0.5, 0.6) is 0 Å². The Morgan fingerprint density at radius 2 is 1.09 bits per heavy atom. The number of hydrogen-bond acceptors (Lipinski definition) is 9. The van der Waals surface area contributed by atoms with Crippen LogP contribution in [0.25, 0.3) is 0 Å². The van der Waals surface area contributed by atoms with E-state index in [1.54, 1.807) is 0 Å². The summed E-state index contributed by atoms with van der Waals surface area (Å²) in [7, 11) is -4.43. The third-order valence-corrected chi connectivity index (χ3v) is 17.0. The molecule has 0 aromatic rings. The number of rotatable bonds is 36. The number of ether oxygens (including phenoxy) is 2. The van der Waals surface area contributed by atoms with Gasteiger partial charge in [-0.2, -0.15) is 8.42 Å². The van der Waals surface area contributed by atoms with Gasteiger partial charge >= 0.3 is 22.3 Å². The third kappa shape index (κ3) is 18.7. The van der Waals surface area contributed by atoms with Crippen LogP contribution in [0.15, 0.2) is 11.6 Å². The first kappa shape index (κ1) is 54.8. The van der Waals surface area contributed by atoms with Crippen molar-refractivity contribution in [3.8, 4) is 0 Å². The van der Waals surface area contributed by atoms with Gasteiger partial charge in [0.05, 0.1) is 6.10 Å². The molecule has 370 valence electrons. The fourth-order valence-corrected chi connectivity index (χ4v) is 12.9. The van der Waals surface area contributed by atoms with E-state index in [0.717, 1.165) is 70.6 Å². The van der Waals surface area contributed by atoms with Crippen LogP contribution in [0.3, 0.4) is 0 Å². The van der Waals surface area contributed by atoms with E-state index < -0.39 is 35.2 Å². The zero-order valence-electron chi connectivity index (χ0n) is 41.4. The number of fused-ring (bicyclic) bond motifs is 5. The van der Waals surface area contributed by atoms with Crippen LogP contribution < -0.4 is 0 Å². The van der Waals surface area contributed by atoms with E-state index in [-0.39, 0.29) is 36.2 Å². The first-order valence-corrected chi connectivity index (χ1v) is 28.4. The topological polar surface area (TPSA) is 122 Å². The normalized spacial score (nSPS) is 25.9. The number of carbonyl (C=O) groups is 3. The molecule has 7 unspecified atom stereocenters. The molecule has 9 nitrogen and oxygen atoms in total. The number of ketones is 1. The maximum atomic E-state index is 13.3. The molecule has 3 saturated carbocycles. The van der Waals surface area contributed by atoms with Gasteiger partial charge in [0.25, 0.3) is 0 Å². The standard InChI is InChI=1S/C54H94O9S/c1-5-7-9-11-13-15-17-19-21-23-25-27-29-31-51(56)60-42-46(62-52(57)32-30-28-26-24-22-20-18-16-14-12-10-8-6-2)43-61-64(58,59)63-45-37-39-53(3)44(41-45)33-34-47-48-35-36-50(55)54(48,4)40-38-49(47)53/h33,45-49H,5-32,34-43H2,1-4H3. The highest BCUT2D eigenvalue weighted by Gasteiger charge is 2.58. The minimum Gasteiger partial charge on any atom is -0.462 e. The molecule has 10 heteroatoms. The van der Waals surface area contributed by atoms with Gasteiger partial charge in [0, 0.05) is 24.7 Å². The quantitative estimate of drug-likeness (QED) is 0.0343. The molecule has 4 rings (SSSR count). The van der Waals surface area contributed by atoms with Gasteiger partial charge in [0.2, 0.25) is 0 Å². The monoisotopic (exact) mass is 919 g/mol. The van der Waals surface area contributed by atoms with Gasteiger partial charge in [0.1, 0.15) is 19.0 Å². The molecule has 0 bridgehead atoms. The summed E-state index contributed by atoms with van der Waals surface area (Å²) in [6, 6.07) is 0. The van der Waals surface area contributed by atoms with E-state index in [0.29, 0.717) is 49.2 Å². The summed E-state index contributed by atoms with van der Waals surface area (Å²) in [5.74, 6) is 1.04. The second kappa shape index (κ2) is 29.9. The van der Waals surface area contributed by atoms with Gasteiger partial charge < -0.3 is 9.47 Å². The molecule has 0 N–H and O–H groups in total. The molecule has 0 saturated heterocycles. The Labute approximate surface area is 391 Å². The molecule has 4 aliphatic carbocycles. The first-order valence-electron chi connectivity index (χ1n) is 27.1. The predicted octanol–water partition coefficient (Wildman–Crippen LogP) is 14.6. The average Bonchev–Trinajstić information content (AvgIpc) is 3.58. The summed E-state index contributed by atoms with van der Waals surface area (Å²) in [5.41, 5.74) is 1.06. The zero-order chi connectivity index (χ0) is 46.1. The van der Waals surface area contributed by atoms with Gasteiger partial charge in [-0.15, -0.1) is 0 Å². The maximum Gasteiger partial charge on any atom is 0.400 e. The average molecular weight is 919 g/mol. The third-order valence-electron chi connectivity index (χ3n) is 16.1. The largest absolute Gasteiger partial charge is 0.462 e. The Balaban J connectivity index is 1.18. The van der Waals surface area contributed by atoms with Gasteiger partial charge in [-0.3, -0.25) is 14.4 Å². The van der Waals surface area contributed by atoms with Crippen LogP contribution in [-0.4, -0.2) is 51.6 Å². The smallest absolute Gasteiger partial charge is 0.400 e. The molecule has 7 atom stereocenters. The summed E-state index contributed by atoms with van der Waals surface area (Å²) >= 11 is 0. The van der Waals surface area contributed by atoms with E-state index in [1.807, 2.05) is 0 Å². The minimum atomic E-state index is -4.43. The molecule has 0 aromatic heterocycles. The van der Waals surface area contributed by atoms with Crippen molar-refractivity contribution in [2.75, 3.05) is 13.2 Å². The predicted molar refractivity (Wildman–Crippen MR) is 258 cm³/mol. The van der Waals surface area contributed by atoms with Crippen molar-refractivity contribution in [1.29, 1.82) is 0 Å². The highest BCUT2D eigenvalue weighted by molar-refractivity contribution is 7.81. The van der Waals surface area contributed by atoms with Crippen molar-refractivity contribution in [2.45, 2.75) is 271 Å². The van der Waals surface area contributed by atoms with E-state index in [2.05, 4.69) is 33.8 Å². The SMILES string of the molecule is CCCCCCCCCCCCCCCC(=O)OCC(COS(=O)(=O)OC1CCC2(C)C(=CCC3C4CCC(=O)C4(C)CCC32)C1)OC(=O)CCCCCCCCCCCCCCC. The van der Waals surface area contributed by atoms with Gasteiger partial charge in [-0.05, 0) is 81.0 Å². The van der Waals surface area contributed by atoms with Crippen molar-refractivity contribution in [3.05, 3.63) is 11.6 Å². The van der Waals surface area contributed by atoms with Gasteiger partial charge in [-0.1, -0.05) is 193 Å². The number of esters is 2. The molecule has 0 heterocycles. The van der Waals surface area contributed by atoms with Crippen LogP contribution in [0.4, 0.5) is 0 Å². The molecule has 0 aliphatic heterocycles. The lowest BCUT2D eigenvalue weighted by Gasteiger charge is -2.56. The number of hydrogen-bond donors (Lipinski definition) is 0. The molecular weight excluding hydrogens is 825 g/mol. The van der Waals surface area contributed by atoms with Crippen LogP contribution in [0, 0.1) is 28.6 Å². The fourth-order valence-electron chi connectivity index (χ4n) is 12.0. The van der Waals surface area contributed by atoms with Crippen LogP contribution in [-0.2, 0) is 42.6 Å². The van der Waals surface area contributed by atoms with Crippen molar-refractivity contribution < 1.29 is 40.6 Å². The van der Waals surface area contributed by atoms with E-state index in [9.17, 15) is 22.8 Å². The lowest BCUT2D eigenvalue weighted by Crippen LogP contribution is -2.50. The first-order chi connectivity index (χ1) is 30.9. The highest BCUT2D eigenvalue weighted by Crippen LogP contribution is 2.64. The van der Waals surface area contributed by atoms with Crippen molar-refractivity contribution in [2.24, 2.45) is 28.6 Å². The summed E-state index contributed by atoms with van der Waals surface area (Å²) in [5, 5.41) is 0. The second-order valence-electron chi connectivity index (χ2n) is 21.1. The minimum absolute atomic E-state index is 0.0241. The molecule has 0 radical (unpaired) electrons. The number of Topliss-reactive ketones (excluding diaryl/α,β-unsaturated/α-hetero) is 1. The molecule has 0 aromatic carbocycles. The summed E-state index contributed by atoms with van der Waals surface area (Å²) < 4.78 is 48.9. The second-order valence-corrected chi connectivity index (χ2v) is 22.4. The lowest BCUT2D eigenvalue weighted by molar-refractivity contribution is -0.161. The van der Waals surface area contributed by atoms with Crippen molar-refractivity contribution in [1.82, 2.24) is 0 Å². The molecule has 3 fully saturated rings. The van der Waals surface area contributed by atoms with E-state index >= 15 is 0 Å². The summed E-state index contributed by atoms with van der Waals surface area (Å²) in [6.45, 7) is 8.30. The Bertz CT molecular complexity index is 1490. The number of carbonyl (C=O) groups excluding carboxylic acids is 3. The summed E-state index contributed by atoms with van der Waals surface area (Å²) in [4.78, 5) is 38.6. The Kier molecular flexibility index (Phi) is 25.6. The van der Waals surface area contributed by atoms with E-state index in [1.165, 1.54) is 128 Å². The fraction of sp³-hybridized carbons (Fsp3) is 0.907. The van der Waals surface area contributed by atoms with Gasteiger partial charge in [0.15, 0.2) is 6.10 Å². The highest BCUT2D eigenvalue weighted by atomic mass is 32.3. The van der Waals surface area contributed by atoms with E-state index in [4.69, 9.17) is 17.8 Å². The molecular formula is C54H94O9S. The van der Waals surface area contributed by atoms with Crippen LogP contribution in [0.1, 0.15) is 259 Å². The Hall–Kier alpha value is -1.78. The Morgan fingerprint density at radius 1 is 0.625 bits per heavy atom. The zero-order valence-corrected chi connectivity index (χ0v) is 42.2.